The highest BCUT2D eigenvalue weighted by Crippen LogP contribution is 2.38. The number of aromatic nitrogens is 1. The maximum atomic E-state index is 13.6. The lowest BCUT2D eigenvalue weighted by molar-refractivity contribution is -0.174. The monoisotopic (exact) mass is 594 g/mol. The molecule has 222 valence electrons. The van der Waals surface area contributed by atoms with Crippen LogP contribution in [0.5, 0.6) is 0 Å². The smallest absolute Gasteiger partial charge is 0.392 e. The lowest BCUT2D eigenvalue weighted by Gasteiger charge is -2.18. The largest absolute Gasteiger partial charge is 0.437 e. The Morgan fingerprint density at radius 1 is 0.976 bits per heavy atom. The first-order chi connectivity index (χ1) is 19.7. The van der Waals surface area contributed by atoms with Crippen LogP contribution in [0.15, 0.2) is 59.0 Å². The molecule has 12 heteroatoms. The van der Waals surface area contributed by atoms with Gasteiger partial charge in [-0.25, -0.2) is 9.37 Å². The van der Waals surface area contributed by atoms with Crippen LogP contribution < -0.4 is 5.32 Å². The fraction of sp³-hybridized carbons (Fsp3) is 0.300. The molecule has 0 radical (unpaired) electrons. The zero-order valence-electron chi connectivity index (χ0n) is 22.4. The van der Waals surface area contributed by atoms with Crippen molar-refractivity contribution in [2.45, 2.75) is 45.0 Å². The van der Waals surface area contributed by atoms with E-state index in [2.05, 4.69) is 10.3 Å². The number of carbonyl (C=O) groups is 2. The normalized spacial score (nSPS) is 12.9. The number of hydrogen-bond acceptors (Lipinski definition) is 4. The predicted molar refractivity (Wildman–Crippen MR) is 141 cm³/mol. The molecule has 0 saturated heterocycles. The number of Topliss-reactive ketones (excluding diaryl/α,β-unsaturated/α-hetero) is 1. The lowest BCUT2D eigenvalue weighted by Crippen LogP contribution is -2.25. The first kappa shape index (κ1) is 30.7. The van der Waals surface area contributed by atoms with Gasteiger partial charge in [0.1, 0.15) is 11.6 Å². The number of rotatable bonds is 9. The van der Waals surface area contributed by atoms with Crippen molar-refractivity contribution in [3.63, 3.8) is 0 Å². The number of fused-ring (bicyclic) bond motifs is 1. The van der Waals surface area contributed by atoms with Gasteiger partial charge in [0, 0.05) is 36.6 Å². The van der Waals surface area contributed by atoms with Gasteiger partial charge in [-0.3, -0.25) is 9.59 Å². The molecule has 4 aromatic rings. The van der Waals surface area contributed by atoms with Crippen LogP contribution in [0.25, 0.3) is 33.6 Å². The molecule has 0 aliphatic heterocycles. The fourth-order valence-electron chi connectivity index (χ4n) is 4.61. The average Bonchev–Trinajstić information content (AvgIpc) is 3.31. The van der Waals surface area contributed by atoms with Crippen LogP contribution in [0.2, 0.25) is 0 Å². The van der Waals surface area contributed by atoms with Gasteiger partial charge in [0.25, 0.3) is 5.91 Å². The number of benzene rings is 2. The number of amides is 1. The second-order valence-electron chi connectivity index (χ2n) is 9.70. The van der Waals surface area contributed by atoms with Gasteiger partial charge >= 0.3 is 12.4 Å². The third-order valence-electron chi connectivity index (χ3n) is 6.85. The molecule has 5 nitrogen and oxygen atoms in total. The molecule has 1 N–H and O–H groups in total. The Labute approximate surface area is 235 Å². The summed E-state index contributed by atoms with van der Waals surface area (Å²) >= 11 is 0. The quantitative estimate of drug-likeness (QED) is 0.156. The number of carbonyl (C=O) groups excluding carboxylic acids is 2. The minimum absolute atomic E-state index is 0.00146. The third kappa shape index (κ3) is 6.80. The lowest BCUT2D eigenvalue weighted by atomic mass is 9.92. The SMILES string of the molecule is CCC(CC(=O)c1cccc(-c2cc3c(C(=O)NC)c(-c4ccc(F)cc4)oc3nc2CCC(F)(F)F)c1)C(F)(F)F. The summed E-state index contributed by atoms with van der Waals surface area (Å²) in [5.41, 5.74) is 0.419. The molecule has 4 rings (SSSR count). The molecule has 2 heterocycles. The Balaban J connectivity index is 1.89. The maximum Gasteiger partial charge on any atom is 0.392 e. The Hall–Kier alpha value is -4.22. The predicted octanol–water partition coefficient (Wildman–Crippen LogP) is 8.32. The average molecular weight is 595 g/mol. The maximum absolute atomic E-state index is 13.6. The summed E-state index contributed by atoms with van der Waals surface area (Å²) in [5, 5.41) is 2.61. The third-order valence-corrected chi connectivity index (χ3v) is 6.85. The van der Waals surface area contributed by atoms with Crippen LogP contribution in [0, 0.1) is 11.7 Å². The van der Waals surface area contributed by atoms with Crippen LogP contribution in [0.1, 0.15) is 52.6 Å². The molecule has 2 aromatic heterocycles. The molecule has 0 saturated carbocycles. The summed E-state index contributed by atoms with van der Waals surface area (Å²) in [5.74, 6) is -3.76. The zero-order valence-corrected chi connectivity index (χ0v) is 22.4. The number of aryl methyl sites for hydroxylation is 1. The van der Waals surface area contributed by atoms with E-state index in [1.54, 1.807) is 0 Å². The Morgan fingerprint density at radius 2 is 1.67 bits per heavy atom. The number of halogens is 7. The highest BCUT2D eigenvalue weighted by Gasteiger charge is 2.39. The van der Waals surface area contributed by atoms with E-state index >= 15 is 0 Å². The summed E-state index contributed by atoms with van der Waals surface area (Å²) in [6, 6.07) is 12.0. The van der Waals surface area contributed by atoms with Gasteiger partial charge in [-0.1, -0.05) is 25.1 Å². The molecule has 0 aliphatic rings. The van der Waals surface area contributed by atoms with Crippen molar-refractivity contribution in [2.75, 3.05) is 7.05 Å². The summed E-state index contributed by atoms with van der Waals surface area (Å²) in [7, 11) is 1.36. The highest BCUT2D eigenvalue weighted by atomic mass is 19.4. The molecule has 1 unspecified atom stereocenters. The van der Waals surface area contributed by atoms with Crippen molar-refractivity contribution in [3.8, 4) is 22.5 Å². The standard InChI is InChI=1S/C30H25F7N2O3/c1-3-19(30(35,36)37)14-24(40)18-6-4-5-17(13-18)21-15-22-25(27(41)38-2)26(16-7-9-20(31)10-8-16)42-28(22)39-23(21)11-12-29(32,33)34/h4-10,13,15,19H,3,11-12,14H2,1-2H3,(H,38,41). The van der Waals surface area contributed by atoms with Crippen LogP contribution in [0.4, 0.5) is 30.7 Å². The Kier molecular flexibility index (Phi) is 8.74. The van der Waals surface area contributed by atoms with E-state index in [-0.39, 0.29) is 51.2 Å². The number of hydrogen-bond donors (Lipinski definition) is 1. The van der Waals surface area contributed by atoms with Crippen molar-refractivity contribution in [1.82, 2.24) is 10.3 Å². The van der Waals surface area contributed by atoms with Crippen LogP contribution in [-0.4, -0.2) is 36.1 Å². The van der Waals surface area contributed by atoms with E-state index in [0.717, 1.165) is 12.1 Å². The van der Waals surface area contributed by atoms with Crippen LogP contribution in [-0.2, 0) is 6.42 Å². The number of pyridine rings is 1. The molecule has 0 fully saturated rings. The number of alkyl halides is 6. The second kappa shape index (κ2) is 11.9. The van der Waals surface area contributed by atoms with Crippen molar-refractivity contribution in [3.05, 3.63) is 77.2 Å². The number of nitrogens with zero attached hydrogens (tertiary/aromatic N) is 1. The number of furan rings is 1. The minimum Gasteiger partial charge on any atom is -0.437 e. The fourth-order valence-corrected chi connectivity index (χ4v) is 4.61. The van der Waals surface area contributed by atoms with Crippen molar-refractivity contribution < 1.29 is 44.7 Å². The summed E-state index contributed by atoms with van der Waals surface area (Å²) in [6.45, 7) is 1.32. The van der Waals surface area contributed by atoms with Crippen molar-refractivity contribution in [1.29, 1.82) is 0 Å². The van der Waals surface area contributed by atoms with E-state index in [1.807, 2.05) is 0 Å². The van der Waals surface area contributed by atoms with Crippen molar-refractivity contribution in [2.24, 2.45) is 5.92 Å². The molecule has 1 atom stereocenters. The van der Waals surface area contributed by atoms with Crippen LogP contribution in [0.3, 0.4) is 0 Å². The first-order valence-corrected chi connectivity index (χ1v) is 12.9. The van der Waals surface area contributed by atoms with E-state index in [4.69, 9.17) is 4.42 Å². The highest BCUT2D eigenvalue weighted by molar-refractivity contribution is 6.11. The van der Waals surface area contributed by atoms with Gasteiger partial charge in [-0.15, -0.1) is 0 Å². The molecule has 0 aliphatic carbocycles. The van der Waals surface area contributed by atoms with Gasteiger partial charge in [0.15, 0.2) is 5.78 Å². The van der Waals surface area contributed by atoms with E-state index in [0.29, 0.717) is 5.56 Å². The van der Waals surface area contributed by atoms with E-state index in [1.165, 1.54) is 56.4 Å². The molecular weight excluding hydrogens is 569 g/mol. The molecule has 2 aromatic carbocycles. The Bertz CT molecular complexity index is 1610. The molecule has 0 bridgehead atoms. The summed E-state index contributed by atoms with van der Waals surface area (Å²) in [4.78, 5) is 30.1. The number of nitrogens with one attached hydrogen (secondary N) is 1. The topological polar surface area (TPSA) is 72.2 Å². The summed E-state index contributed by atoms with van der Waals surface area (Å²) in [6.07, 6.45) is -12.0. The van der Waals surface area contributed by atoms with Gasteiger partial charge in [0.05, 0.1) is 22.6 Å². The van der Waals surface area contributed by atoms with Crippen molar-refractivity contribution >= 4 is 22.8 Å². The molecule has 42 heavy (non-hydrogen) atoms. The zero-order chi connectivity index (χ0) is 30.8. The van der Waals surface area contributed by atoms with Gasteiger partial charge in [0.2, 0.25) is 5.71 Å². The second-order valence-corrected chi connectivity index (χ2v) is 9.70. The molecular formula is C30H25F7N2O3. The van der Waals surface area contributed by atoms with Gasteiger partial charge in [-0.2, -0.15) is 26.3 Å². The van der Waals surface area contributed by atoms with E-state index < -0.39 is 55.0 Å². The van der Waals surface area contributed by atoms with Gasteiger partial charge in [-0.05, 0) is 54.8 Å². The van der Waals surface area contributed by atoms with E-state index in [9.17, 15) is 40.3 Å². The Morgan fingerprint density at radius 3 is 2.26 bits per heavy atom. The molecule has 1 amide bonds. The minimum atomic E-state index is -4.57. The first-order valence-electron chi connectivity index (χ1n) is 12.9. The molecule has 0 spiro atoms. The van der Waals surface area contributed by atoms with Crippen LogP contribution >= 0.6 is 0 Å². The summed E-state index contributed by atoms with van der Waals surface area (Å²) < 4.78 is 98.9. The van der Waals surface area contributed by atoms with Gasteiger partial charge < -0.3 is 9.73 Å². The number of ketones is 1.